The lowest BCUT2D eigenvalue weighted by molar-refractivity contribution is -0.380. The third-order valence-electron chi connectivity index (χ3n) is 6.20. The highest BCUT2D eigenvalue weighted by Gasteiger charge is 2.44. The van der Waals surface area contributed by atoms with E-state index in [1.54, 1.807) is 35.2 Å². The van der Waals surface area contributed by atoms with Crippen molar-refractivity contribution in [3.05, 3.63) is 98.6 Å². The molecule has 1 aliphatic carbocycles. The molecule has 5 rings (SSSR count). The Bertz CT molecular complexity index is 1340. The summed E-state index contributed by atoms with van der Waals surface area (Å²) in [6.45, 7) is 4.09. The van der Waals surface area contributed by atoms with Gasteiger partial charge < -0.3 is 5.32 Å². The number of benzene rings is 2. The Hall–Kier alpha value is -3.78. The zero-order valence-corrected chi connectivity index (χ0v) is 19.6. The molecule has 1 atom stereocenters. The number of nitrogens with one attached hydrogen (secondary N) is 1. The molecule has 3 aromatic rings. The first-order chi connectivity index (χ1) is 16.2. The van der Waals surface area contributed by atoms with E-state index in [2.05, 4.69) is 5.32 Å². The van der Waals surface area contributed by atoms with Crippen molar-refractivity contribution in [2.45, 2.75) is 32.7 Å². The number of nitro groups is 1. The van der Waals surface area contributed by atoms with Gasteiger partial charge in [-0.3, -0.25) is 24.6 Å². The van der Waals surface area contributed by atoms with Gasteiger partial charge in [-0.05, 0) is 42.2 Å². The zero-order valence-electron chi connectivity index (χ0n) is 18.8. The van der Waals surface area contributed by atoms with Crippen molar-refractivity contribution in [1.82, 2.24) is 0 Å². The molecule has 2 aliphatic rings. The van der Waals surface area contributed by atoms with Crippen molar-refractivity contribution < 1.29 is 14.5 Å². The van der Waals surface area contributed by atoms with E-state index in [1.807, 2.05) is 44.2 Å². The lowest BCUT2D eigenvalue weighted by Crippen LogP contribution is -2.39. The molecule has 0 saturated carbocycles. The maximum absolute atomic E-state index is 14.0. The van der Waals surface area contributed by atoms with Gasteiger partial charge in [0.15, 0.2) is 5.78 Å². The van der Waals surface area contributed by atoms with Crippen LogP contribution in [0.15, 0.2) is 78.0 Å². The summed E-state index contributed by atoms with van der Waals surface area (Å²) in [5, 5.41) is 14.9. The predicted octanol–water partition coefficient (Wildman–Crippen LogP) is 6.11. The van der Waals surface area contributed by atoms with Gasteiger partial charge in [-0.1, -0.05) is 55.5 Å². The van der Waals surface area contributed by atoms with Crippen LogP contribution in [0.4, 0.5) is 16.4 Å². The fourth-order valence-electron chi connectivity index (χ4n) is 4.79. The van der Waals surface area contributed by atoms with Crippen LogP contribution in [-0.2, 0) is 4.79 Å². The van der Waals surface area contributed by atoms with Crippen LogP contribution in [0.25, 0.3) is 0 Å². The van der Waals surface area contributed by atoms with Crippen LogP contribution in [0.2, 0.25) is 0 Å². The average Bonchev–Trinajstić information content (AvgIpc) is 3.23. The highest BCUT2D eigenvalue weighted by Crippen LogP contribution is 2.50. The molecule has 1 aliphatic heterocycles. The van der Waals surface area contributed by atoms with Crippen molar-refractivity contribution in [2.24, 2.45) is 5.41 Å². The van der Waals surface area contributed by atoms with Gasteiger partial charge >= 0.3 is 5.00 Å². The molecule has 1 amide bonds. The smallest absolute Gasteiger partial charge is 0.324 e. The molecule has 172 valence electrons. The molecule has 0 spiro atoms. The number of hydrogen-bond donors (Lipinski definition) is 1. The Morgan fingerprint density at radius 3 is 2.47 bits per heavy atom. The lowest BCUT2D eigenvalue weighted by atomic mass is 9.74. The zero-order chi connectivity index (χ0) is 24.0. The maximum atomic E-state index is 14.0. The van der Waals surface area contributed by atoms with Crippen molar-refractivity contribution >= 4 is 39.4 Å². The van der Waals surface area contributed by atoms with Gasteiger partial charge in [0.2, 0.25) is 0 Å². The number of allylic oxidation sites excluding steroid dienone is 1. The SMILES string of the molecule is CC1(C)CC(=O)C2=C(C1)Nc1ccccc1N(C(=O)c1ccccc1)[C@H]2c1ccc([N+](=O)[O-])s1. The van der Waals surface area contributed by atoms with E-state index in [1.165, 1.54) is 6.07 Å². The van der Waals surface area contributed by atoms with Gasteiger partial charge in [0.25, 0.3) is 5.91 Å². The molecular formula is C26H23N3O4S. The summed E-state index contributed by atoms with van der Waals surface area (Å²) in [7, 11) is 0. The Kier molecular flexibility index (Phi) is 5.32. The fraction of sp³-hybridized carbons (Fsp3) is 0.231. The van der Waals surface area contributed by atoms with Crippen molar-refractivity contribution in [3.63, 3.8) is 0 Å². The third-order valence-corrected chi connectivity index (χ3v) is 7.29. The van der Waals surface area contributed by atoms with Gasteiger partial charge in [-0.25, -0.2) is 0 Å². The Labute approximate surface area is 200 Å². The molecule has 0 bridgehead atoms. The predicted molar refractivity (Wildman–Crippen MR) is 132 cm³/mol. The minimum absolute atomic E-state index is 0.0293. The summed E-state index contributed by atoms with van der Waals surface area (Å²) >= 11 is 0.998. The van der Waals surface area contributed by atoms with Crippen LogP contribution in [0.1, 0.15) is 48.0 Å². The number of amides is 1. The molecular weight excluding hydrogens is 450 g/mol. The number of para-hydroxylation sites is 2. The Morgan fingerprint density at radius 1 is 1.06 bits per heavy atom. The highest BCUT2D eigenvalue weighted by molar-refractivity contribution is 7.15. The van der Waals surface area contributed by atoms with Crippen molar-refractivity contribution in [2.75, 3.05) is 10.2 Å². The van der Waals surface area contributed by atoms with Gasteiger partial charge in [0, 0.05) is 34.2 Å². The average molecular weight is 474 g/mol. The number of ketones is 1. The van der Waals surface area contributed by atoms with Gasteiger partial charge in [-0.15, -0.1) is 0 Å². The summed E-state index contributed by atoms with van der Waals surface area (Å²) in [6, 6.07) is 18.7. The second-order valence-corrected chi connectivity index (χ2v) is 10.4. The molecule has 8 heteroatoms. The first-order valence-corrected chi connectivity index (χ1v) is 11.8. The summed E-state index contributed by atoms with van der Waals surface area (Å²) < 4.78 is 0. The maximum Gasteiger partial charge on any atom is 0.324 e. The summed E-state index contributed by atoms with van der Waals surface area (Å²) in [6.07, 6.45) is 0.959. The molecule has 1 aromatic heterocycles. The van der Waals surface area contributed by atoms with Gasteiger partial charge in [0.05, 0.1) is 16.3 Å². The Balaban J connectivity index is 1.79. The molecule has 0 saturated heterocycles. The van der Waals surface area contributed by atoms with Crippen LogP contribution in [-0.4, -0.2) is 16.6 Å². The number of rotatable bonds is 3. The number of anilines is 2. The third kappa shape index (κ3) is 3.80. The molecule has 1 N–H and O–H groups in total. The van der Waals surface area contributed by atoms with E-state index in [4.69, 9.17) is 0 Å². The first kappa shape index (κ1) is 22.0. The fourth-order valence-corrected chi connectivity index (χ4v) is 5.71. The first-order valence-electron chi connectivity index (χ1n) is 11.0. The summed E-state index contributed by atoms with van der Waals surface area (Å²) in [5.74, 6) is -0.333. The monoisotopic (exact) mass is 473 g/mol. The molecule has 0 fully saturated rings. The minimum atomic E-state index is -0.777. The Morgan fingerprint density at radius 2 is 1.76 bits per heavy atom. The molecule has 2 aromatic carbocycles. The van der Waals surface area contributed by atoms with Crippen LogP contribution >= 0.6 is 11.3 Å². The summed E-state index contributed by atoms with van der Waals surface area (Å²) in [5.41, 5.74) is 2.83. The van der Waals surface area contributed by atoms with Crippen LogP contribution in [0.3, 0.4) is 0 Å². The van der Waals surface area contributed by atoms with Crippen LogP contribution in [0.5, 0.6) is 0 Å². The van der Waals surface area contributed by atoms with Crippen LogP contribution < -0.4 is 10.2 Å². The van der Waals surface area contributed by atoms with E-state index < -0.39 is 11.0 Å². The summed E-state index contributed by atoms with van der Waals surface area (Å²) in [4.78, 5) is 40.8. The topological polar surface area (TPSA) is 92.6 Å². The molecule has 0 radical (unpaired) electrons. The standard InChI is InChI=1S/C26H23N3O4S/c1-26(2)14-18-23(20(30)15-26)24(21-12-13-22(34-21)29(32)33)28(19-11-7-6-10-17(19)27-18)25(31)16-8-4-3-5-9-16/h3-13,24,27H,14-15H2,1-2H3/t24-/m0/s1. The van der Waals surface area contributed by atoms with Crippen LogP contribution in [0, 0.1) is 15.5 Å². The number of Topliss-reactive ketones (excluding diaryl/α,β-unsaturated/α-hetero) is 1. The van der Waals surface area contributed by atoms with Gasteiger partial charge in [0.1, 0.15) is 6.04 Å². The number of carbonyl (C=O) groups excluding carboxylic acids is 2. The van der Waals surface area contributed by atoms with E-state index in [9.17, 15) is 19.7 Å². The minimum Gasteiger partial charge on any atom is -0.357 e. The largest absolute Gasteiger partial charge is 0.357 e. The molecule has 0 unspecified atom stereocenters. The molecule has 2 heterocycles. The van der Waals surface area contributed by atoms with E-state index >= 15 is 0 Å². The second-order valence-electron chi connectivity index (χ2n) is 9.35. The second kappa shape index (κ2) is 8.22. The number of thiophene rings is 1. The molecule has 7 nitrogen and oxygen atoms in total. The normalized spacial score (nSPS) is 19.1. The van der Waals surface area contributed by atoms with E-state index in [0.717, 1.165) is 22.7 Å². The van der Waals surface area contributed by atoms with Gasteiger partial charge in [-0.2, -0.15) is 0 Å². The van der Waals surface area contributed by atoms with E-state index in [-0.39, 0.29) is 22.1 Å². The van der Waals surface area contributed by atoms with E-state index in [0.29, 0.717) is 34.5 Å². The lowest BCUT2D eigenvalue weighted by Gasteiger charge is -2.36. The number of carbonyl (C=O) groups is 2. The number of hydrogen-bond acceptors (Lipinski definition) is 6. The molecule has 34 heavy (non-hydrogen) atoms. The van der Waals surface area contributed by atoms with Crippen molar-refractivity contribution in [1.29, 1.82) is 0 Å². The van der Waals surface area contributed by atoms with Crippen molar-refractivity contribution in [3.8, 4) is 0 Å². The highest BCUT2D eigenvalue weighted by atomic mass is 32.1. The number of fused-ring (bicyclic) bond motifs is 1. The number of nitrogens with zero attached hydrogens (tertiary/aromatic N) is 2. The quantitative estimate of drug-likeness (QED) is 0.366.